The van der Waals surface area contributed by atoms with E-state index in [4.69, 9.17) is 21.1 Å². The second-order valence-electron chi connectivity index (χ2n) is 8.90. The molecule has 7 nitrogen and oxygen atoms in total. The highest BCUT2D eigenvalue weighted by molar-refractivity contribution is 6.30. The average Bonchev–Trinajstić information content (AvgIpc) is 3.54. The summed E-state index contributed by atoms with van der Waals surface area (Å²) in [6.45, 7) is 2.16. The maximum atomic E-state index is 13.0. The summed E-state index contributed by atoms with van der Waals surface area (Å²) < 4.78 is 11.9. The molecule has 1 saturated heterocycles. The minimum Gasteiger partial charge on any atom is -0.489 e. The van der Waals surface area contributed by atoms with E-state index in [1.807, 2.05) is 60.8 Å². The third-order valence-corrected chi connectivity index (χ3v) is 6.47. The number of amides is 1. The molecule has 0 spiro atoms. The molecule has 0 aliphatic carbocycles. The minimum atomic E-state index is -0.684. The van der Waals surface area contributed by atoms with Crippen LogP contribution < -0.4 is 14.8 Å². The van der Waals surface area contributed by atoms with Gasteiger partial charge in [0.15, 0.2) is 0 Å². The Kier molecular flexibility index (Phi) is 7.41. The van der Waals surface area contributed by atoms with Crippen LogP contribution in [0.2, 0.25) is 5.02 Å². The highest BCUT2D eigenvalue weighted by Gasteiger charge is 2.26. The summed E-state index contributed by atoms with van der Waals surface area (Å²) in [6, 6.07) is 22.0. The molecule has 2 unspecified atom stereocenters. The van der Waals surface area contributed by atoms with E-state index in [9.17, 15) is 9.90 Å². The van der Waals surface area contributed by atoms with Crippen LogP contribution in [0.25, 0.3) is 10.9 Å². The molecule has 0 bridgehead atoms. The van der Waals surface area contributed by atoms with Gasteiger partial charge in [-0.3, -0.25) is 9.69 Å². The number of carbonyl (C=O) groups is 1. The molecule has 4 aromatic rings. The number of hydrogen-bond acceptors (Lipinski definition) is 5. The van der Waals surface area contributed by atoms with Crippen LogP contribution in [0, 0.1) is 0 Å². The van der Waals surface area contributed by atoms with Crippen molar-refractivity contribution in [3.8, 4) is 11.5 Å². The first kappa shape index (κ1) is 24.2. The Bertz CT molecular complexity index is 1320. The maximum Gasteiger partial charge on any atom is 0.256 e. The number of carbonyl (C=O) groups excluding carboxylic acids is 1. The standard InChI is InChI=1S/C28H28ClN3O4/c29-19-8-10-21(11-9-19)36-22-13-15-32(17-22)16-20(33)18-35-27-7-2-1-5-26(27)31-28(34)24-4-3-6-25-23(24)12-14-30-25/h1-12,14,20,22,30,33H,13,15-18H2,(H,31,34). The molecule has 1 aromatic heterocycles. The first-order chi connectivity index (χ1) is 17.5. The van der Waals surface area contributed by atoms with E-state index in [2.05, 4.69) is 15.2 Å². The monoisotopic (exact) mass is 505 g/mol. The maximum absolute atomic E-state index is 13.0. The van der Waals surface area contributed by atoms with Gasteiger partial charge in [0.2, 0.25) is 0 Å². The van der Waals surface area contributed by atoms with Crippen LogP contribution in [0.1, 0.15) is 16.8 Å². The number of nitrogens with one attached hydrogen (secondary N) is 2. The average molecular weight is 506 g/mol. The predicted molar refractivity (Wildman–Crippen MR) is 141 cm³/mol. The number of rotatable bonds is 9. The molecule has 186 valence electrons. The molecule has 1 aliphatic heterocycles. The van der Waals surface area contributed by atoms with Gasteiger partial charge in [0.05, 0.1) is 5.69 Å². The molecule has 5 rings (SSSR count). The fourth-order valence-corrected chi connectivity index (χ4v) is 4.60. The first-order valence-electron chi connectivity index (χ1n) is 12.0. The van der Waals surface area contributed by atoms with E-state index in [1.165, 1.54) is 0 Å². The Morgan fingerprint density at radius 3 is 2.81 bits per heavy atom. The number of benzene rings is 3. The minimum absolute atomic E-state index is 0.0692. The fourth-order valence-electron chi connectivity index (χ4n) is 4.47. The topological polar surface area (TPSA) is 86.8 Å². The Hall–Kier alpha value is -3.52. The number of H-pyrrole nitrogens is 1. The van der Waals surface area contributed by atoms with Gasteiger partial charge < -0.3 is 24.9 Å². The molecule has 36 heavy (non-hydrogen) atoms. The number of fused-ring (bicyclic) bond motifs is 1. The van der Waals surface area contributed by atoms with Gasteiger partial charge in [0, 0.05) is 47.3 Å². The van der Waals surface area contributed by atoms with Crippen LogP contribution in [0.15, 0.2) is 79.0 Å². The molecule has 1 aliphatic rings. The molecule has 3 aromatic carbocycles. The van der Waals surface area contributed by atoms with Gasteiger partial charge in [-0.15, -0.1) is 0 Å². The van der Waals surface area contributed by atoms with E-state index in [0.29, 0.717) is 28.6 Å². The second-order valence-corrected chi connectivity index (χ2v) is 9.34. The van der Waals surface area contributed by atoms with E-state index in [-0.39, 0.29) is 18.6 Å². The van der Waals surface area contributed by atoms with Crippen molar-refractivity contribution in [3.63, 3.8) is 0 Å². The van der Waals surface area contributed by atoms with Crippen molar-refractivity contribution in [2.75, 3.05) is 31.6 Å². The first-order valence-corrected chi connectivity index (χ1v) is 12.3. The fraction of sp³-hybridized carbons (Fsp3) is 0.250. The molecule has 3 N–H and O–H groups in total. The van der Waals surface area contributed by atoms with Crippen molar-refractivity contribution in [1.82, 2.24) is 9.88 Å². The zero-order valence-corrected chi connectivity index (χ0v) is 20.4. The SMILES string of the molecule is O=C(Nc1ccccc1OCC(O)CN1CCC(Oc2ccc(Cl)cc2)C1)c1cccc2[nH]ccc12. The lowest BCUT2D eigenvalue weighted by atomic mass is 10.1. The van der Waals surface area contributed by atoms with E-state index < -0.39 is 6.10 Å². The van der Waals surface area contributed by atoms with Gasteiger partial charge in [-0.1, -0.05) is 29.8 Å². The molecule has 1 amide bonds. The number of nitrogens with zero attached hydrogens (tertiary/aromatic N) is 1. The van der Waals surface area contributed by atoms with Gasteiger partial charge in [0.25, 0.3) is 5.91 Å². The Morgan fingerprint density at radius 1 is 1.11 bits per heavy atom. The molecular formula is C28H28ClN3O4. The van der Waals surface area contributed by atoms with Gasteiger partial charge in [0.1, 0.15) is 30.3 Å². The molecule has 2 atom stereocenters. The number of aromatic nitrogens is 1. The van der Waals surface area contributed by atoms with Crippen molar-refractivity contribution in [2.45, 2.75) is 18.6 Å². The second kappa shape index (κ2) is 11.0. The lowest BCUT2D eigenvalue weighted by molar-refractivity contribution is 0.0722. The highest BCUT2D eigenvalue weighted by atomic mass is 35.5. The third kappa shape index (κ3) is 5.82. The number of likely N-dealkylation sites (tertiary alicyclic amines) is 1. The summed E-state index contributed by atoms with van der Waals surface area (Å²) in [6.07, 6.45) is 2.09. The molecule has 1 fully saturated rings. The quantitative estimate of drug-likeness (QED) is 0.299. The molecule has 2 heterocycles. The van der Waals surface area contributed by atoms with Gasteiger partial charge >= 0.3 is 0 Å². The Morgan fingerprint density at radius 2 is 1.94 bits per heavy atom. The number of para-hydroxylation sites is 2. The molecule has 0 saturated carbocycles. The third-order valence-electron chi connectivity index (χ3n) is 6.22. The molecule has 8 heteroatoms. The van der Waals surface area contributed by atoms with Crippen molar-refractivity contribution in [2.24, 2.45) is 0 Å². The number of ether oxygens (including phenoxy) is 2. The number of anilines is 1. The zero-order valence-electron chi connectivity index (χ0n) is 19.7. The van der Waals surface area contributed by atoms with Crippen molar-refractivity contribution >= 4 is 34.1 Å². The molecular weight excluding hydrogens is 478 g/mol. The van der Waals surface area contributed by atoms with Crippen LogP contribution in [0.5, 0.6) is 11.5 Å². The summed E-state index contributed by atoms with van der Waals surface area (Å²) in [7, 11) is 0. The van der Waals surface area contributed by atoms with Crippen molar-refractivity contribution < 1.29 is 19.4 Å². The summed E-state index contributed by atoms with van der Waals surface area (Å²) >= 11 is 5.94. The zero-order chi connectivity index (χ0) is 24.9. The van der Waals surface area contributed by atoms with E-state index in [1.54, 1.807) is 18.2 Å². The highest BCUT2D eigenvalue weighted by Crippen LogP contribution is 2.26. The van der Waals surface area contributed by atoms with E-state index in [0.717, 1.165) is 36.2 Å². The number of aromatic amines is 1. The number of hydrogen-bond donors (Lipinski definition) is 3. The predicted octanol–water partition coefficient (Wildman–Crippen LogP) is 4.97. The number of aliphatic hydroxyl groups is 1. The van der Waals surface area contributed by atoms with Gasteiger partial charge in [-0.2, -0.15) is 0 Å². The number of halogens is 1. The van der Waals surface area contributed by atoms with Crippen LogP contribution in [-0.4, -0.2) is 59.3 Å². The van der Waals surface area contributed by atoms with Gasteiger partial charge in [-0.05, 0) is 61.0 Å². The lowest BCUT2D eigenvalue weighted by Gasteiger charge is -2.21. The van der Waals surface area contributed by atoms with Crippen molar-refractivity contribution in [1.29, 1.82) is 0 Å². The Labute approximate surface area is 214 Å². The number of β-amino-alcohol motifs (C(OH)–C–C–N with tert-alkyl or cyclic N) is 1. The summed E-state index contributed by atoms with van der Waals surface area (Å²) in [5.74, 6) is 1.08. The Balaban J connectivity index is 1.13. The molecule has 0 radical (unpaired) electrons. The lowest BCUT2D eigenvalue weighted by Crippen LogP contribution is -2.35. The van der Waals surface area contributed by atoms with Crippen LogP contribution >= 0.6 is 11.6 Å². The van der Waals surface area contributed by atoms with Crippen LogP contribution in [-0.2, 0) is 0 Å². The summed E-state index contributed by atoms with van der Waals surface area (Å²) in [4.78, 5) is 18.3. The van der Waals surface area contributed by atoms with E-state index >= 15 is 0 Å². The normalized spacial score (nSPS) is 16.7. The van der Waals surface area contributed by atoms with Crippen LogP contribution in [0.4, 0.5) is 5.69 Å². The summed E-state index contributed by atoms with van der Waals surface area (Å²) in [5, 5.41) is 15.1. The smallest absolute Gasteiger partial charge is 0.256 e. The number of aliphatic hydroxyl groups excluding tert-OH is 1. The van der Waals surface area contributed by atoms with Crippen molar-refractivity contribution in [3.05, 3.63) is 89.6 Å². The largest absolute Gasteiger partial charge is 0.489 e. The summed E-state index contributed by atoms with van der Waals surface area (Å²) in [5.41, 5.74) is 2.03. The van der Waals surface area contributed by atoms with Gasteiger partial charge in [-0.25, -0.2) is 0 Å². The van der Waals surface area contributed by atoms with Crippen LogP contribution in [0.3, 0.4) is 0 Å².